The summed E-state index contributed by atoms with van der Waals surface area (Å²) < 4.78 is 0. The second-order valence-electron chi connectivity index (χ2n) is 8.25. The first kappa shape index (κ1) is 16.0. The van der Waals surface area contributed by atoms with Crippen molar-refractivity contribution in [3.63, 3.8) is 0 Å². The lowest BCUT2D eigenvalue weighted by atomic mass is 9.86. The molecule has 2 aliphatic rings. The van der Waals surface area contributed by atoms with Crippen molar-refractivity contribution in [1.29, 1.82) is 0 Å². The average Bonchev–Trinajstić information content (AvgIpc) is 2.53. The molecule has 0 aromatic heterocycles. The number of hydrogen-bond acceptors (Lipinski definition) is 2. The van der Waals surface area contributed by atoms with E-state index < -0.39 is 0 Å². The molecule has 0 spiro atoms. The highest BCUT2D eigenvalue weighted by atomic mass is 15.2. The second kappa shape index (κ2) is 6.33. The Morgan fingerprint density at radius 2 is 1.82 bits per heavy atom. The van der Waals surface area contributed by atoms with Crippen LogP contribution in [0.15, 0.2) is 24.3 Å². The van der Waals surface area contributed by atoms with Gasteiger partial charge in [-0.2, -0.15) is 0 Å². The number of hydrogen-bond donors (Lipinski definition) is 0. The molecule has 0 amide bonds. The molecule has 2 nitrogen and oxygen atoms in total. The molecule has 0 N–H and O–H groups in total. The van der Waals surface area contributed by atoms with Gasteiger partial charge >= 0.3 is 0 Å². The Morgan fingerprint density at radius 3 is 2.55 bits per heavy atom. The van der Waals surface area contributed by atoms with Crippen LogP contribution in [0.2, 0.25) is 0 Å². The zero-order chi connectivity index (χ0) is 15.7. The average molecular weight is 300 g/mol. The maximum absolute atomic E-state index is 2.75. The first-order valence-corrected chi connectivity index (χ1v) is 8.99. The molecule has 1 aromatic carbocycles. The Morgan fingerprint density at radius 1 is 1.09 bits per heavy atom. The van der Waals surface area contributed by atoms with Crippen LogP contribution in [-0.4, -0.2) is 41.0 Å². The van der Waals surface area contributed by atoms with Crippen LogP contribution in [0.3, 0.4) is 0 Å². The second-order valence-corrected chi connectivity index (χ2v) is 8.25. The van der Waals surface area contributed by atoms with E-state index in [0.29, 0.717) is 0 Å². The van der Waals surface area contributed by atoms with Crippen molar-refractivity contribution in [1.82, 2.24) is 9.80 Å². The van der Waals surface area contributed by atoms with E-state index in [0.717, 1.165) is 18.6 Å². The summed E-state index contributed by atoms with van der Waals surface area (Å²) in [7, 11) is 2.32. The molecule has 0 saturated heterocycles. The fraction of sp³-hybridized carbons (Fsp3) is 0.700. The molecule has 1 fully saturated rings. The molecule has 1 aromatic rings. The molecule has 1 saturated carbocycles. The third kappa shape index (κ3) is 3.38. The summed E-state index contributed by atoms with van der Waals surface area (Å²) in [6.07, 6.45) is 6.71. The predicted octanol–water partition coefficient (Wildman–Crippen LogP) is 4.09. The Balaban J connectivity index is 1.66. The van der Waals surface area contributed by atoms with Gasteiger partial charge in [-0.05, 0) is 64.6 Å². The summed E-state index contributed by atoms with van der Waals surface area (Å²) in [5.74, 6) is 0. The highest BCUT2D eigenvalue weighted by molar-refractivity contribution is 5.29. The van der Waals surface area contributed by atoms with Crippen molar-refractivity contribution in [3.8, 4) is 0 Å². The zero-order valence-electron chi connectivity index (χ0n) is 14.8. The Labute approximate surface area is 136 Å². The van der Waals surface area contributed by atoms with E-state index >= 15 is 0 Å². The van der Waals surface area contributed by atoms with E-state index in [1.54, 1.807) is 11.1 Å². The van der Waals surface area contributed by atoms with Crippen LogP contribution in [0.25, 0.3) is 0 Å². The van der Waals surface area contributed by atoms with Gasteiger partial charge in [0.05, 0.1) is 0 Å². The quantitative estimate of drug-likeness (QED) is 0.812. The van der Waals surface area contributed by atoms with E-state index in [1.807, 2.05) is 0 Å². The Kier molecular flexibility index (Phi) is 4.61. The van der Waals surface area contributed by atoms with Crippen LogP contribution in [0, 0.1) is 0 Å². The number of benzene rings is 1. The lowest BCUT2D eigenvalue weighted by Crippen LogP contribution is -2.51. The van der Waals surface area contributed by atoms with Gasteiger partial charge in [-0.15, -0.1) is 0 Å². The van der Waals surface area contributed by atoms with Crippen LogP contribution in [0.4, 0.5) is 0 Å². The SMILES string of the molecule is CN([C@H]1CCC[C@H](N2CCc3ccccc3C2)C1)C(C)(C)C. The lowest BCUT2D eigenvalue weighted by Gasteiger charge is -2.46. The lowest BCUT2D eigenvalue weighted by molar-refractivity contribution is 0.0461. The summed E-state index contributed by atoms with van der Waals surface area (Å²) in [6.45, 7) is 9.43. The van der Waals surface area contributed by atoms with E-state index in [-0.39, 0.29) is 5.54 Å². The minimum atomic E-state index is 0.279. The normalized spacial score (nSPS) is 27.0. The zero-order valence-corrected chi connectivity index (χ0v) is 14.8. The predicted molar refractivity (Wildman–Crippen MR) is 94.1 cm³/mol. The molecule has 22 heavy (non-hydrogen) atoms. The molecule has 2 atom stereocenters. The van der Waals surface area contributed by atoms with Crippen LogP contribution in [0.1, 0.15) is 57.6 Å². The molecule has 0 bridgehead atoms. The first-order valence-electron chi connectivity index (χ1n) is 8.99. The maximum atomic E-state index is 2.75. The fourth-order valence-electron chi connectivity index (χ4n) is 4.20. The molecule has 0 radical (unpaired) electrons. The molecule has 122 valence electrons. The molecule has 1 aliphatic heterocycles. The largest absolute Gasteiger partial charge is 0.299 e. The van der Waals surface area contributed by atoms with Crippen molar-refractivity contribution < 1.29 is 0 Å². The summed E-state index contributed by atoms with van der Waals surface area (Å²) in [5.41, 5.74) is 3.40. The third-order valence-electron chi connectivity index (χ3n) is 5.90. The van der Waals surface area contributed by atoms with Gasteiger partial charge in [0.15, 0.2) is 0 Å². The van der Waals surface area contributed by atoms with E-state index in [2.05, 4.69) is 61.9 Å². The van der Waals surface area contributed by atoms with E-state index in [1.165, 1.54) is 38.6 Å². The van der Waals surface area contributed by atoms with Gasteiger partial charge in [-0.25, -0.2) is 0 Å². The number of nitrogens with zero attached hydrogens (tertiary/aromatic N) is 2. The smallest absolute Gasteiger partial charge is 0.0239 e. The third-order valence-corrected chi connectivity index (χ3v) is 5.90. The molecule has 0 unspecified atom stereocenters. The maximum Gasteiger partial charge on any atom is 0.0239 e. The van der Waals surface area contributed by atoms with Crippen LogP contribution >= 0.6 is 0 Å². The molecule has 1 aliphatic carbocycles. The van der Waals surface area contributed by atoms with Crippen LogP contribution < -0.4 is 0 Å². The highest BCUT2D eigenvalue weighted by Crippen LogP contribution is 2.32. The van der Waals surface area contributed by atoms with Crippen molar-refractivity contribution in [2.45, 2.75) is 77.0 Å². The van der Waals surface area contributed by atoms with Crippen molar-refractivity contribution in [2.75, 3.05) is 13.6 Å². The van der Waals surface area contributed by atoms with Crippen LogP contribution in [-0.2, 0) is 13.0 Å². The Bertz CT molecular complexity index is 503. The van der Waals surface area contributed by atoms with Crippen molar-refractivity contribution in [3.05, 3.63) is 35.4 Å². The van der Waals surface area contributed by atoms with Gasteiger partial charge in [0.1, 0.15) is 0 Å². The molecular weight excluding hydrogens is 268 g/mol. The highest BCUT2D eigenvalue weighted by Gasteiger charge is 2.33. The van der Waals surface area contributed by atoms with Gasteiger partial charge in [-0.3, -0.25) is 9.80 Å². The summed E-state index contributed by atoms with van der Waals surface area (Å²) >= 11 is 0. The van der Waals surface area contributed by atoms with Crippen molar-refractivity contribution in [2.24, 2.45) is 0 Å². The Hall–Kier alpha value is -0.860. The first-order chi connectivity index (χ1) is 10.4. The molecule has 2 heteroatoms. The summed E-state index contributed by atoms with van der Waals surface area (Å²) in [6, 6.07) is 10.5. The van der Waals surface area contributed by atoms with E-state index in [9.17, 15) is 0 Å². The van der Waals surface area contributed by atoms with Gasteiger partial charge in [0.25, 0.3) is 0 Å². The van der Waals surface area contributed by atoms with Gasteiger partial charge in [-0.1, -0.05) is 30.7 Å². The summed E-state index contributed by atoms with van der Waals surface area (Å²) in [5, 5.41) is 0. The standard InChI is InChI=1S/C20H32N2/c1-20(2,3)21(4)18-10-7-11-19(14-18)22-13-12-16-8-5-6-9-17(16)15-22/h5-6,8-9,18-19H,7,10-15H2,1-4H3/t18-,19-/m0/s1. The number of rotatable bonds is 2. The minimum absolute atomic E-state index is 0.279. The van der Waals surface area contributed by atoms with Crippen molar-refractivity contribution >= 4 is 0 Å². The fourth-order valence-corrected chi connectivity index (χ4v) is 4.20. The minimum Gasteiger partial charge on any atom is -0.299 e. The molecular formula is C20H32N2. The van der Waals surface area contributed by atoms with Gasteiger partial charge in [0, 0.05) is 30.7 Å². The molecule has 3 rings (SSSR count). The summed E-state index contributed by atoms with van der Waals surface area (Å²) in [4.78, 5) is 5.36. The van der Waals surface area contributed by atoms with Crippen LogP contribution in [0.5, 0.6) is 0 Å². The topological polar surface area (TPSA) is 6.48 Å². The van der Waals surface area contributed by atoms with Gasteiger partial charge < -0.3 is 0 Å². The number of fused-ring (bicyclic) bond motifs is 1. The molecule has 1 heterocycles. The monoisotopic (exact) mass is 300 g/mol. The van der Waals surface area contributed by atoms with E-state index in [4.69, 9.17) is 0 Å². The van der Waals surface area contributed by atoms with Gasteiger partial charge in [0.2, 0.25) is 0 Å².